The first-order valence-corrected chi connectivity index (χ1v) is 8.51. The first-order chi connectivity index (χ1) is 13.8. The molecule has 0 atom stereocenters. The average molecular weight is 400 g/mol. The highest BCUT2D eigenvalue weighted by Gasteiger charge is 2.15. The number of nitrogens with one attached hydrogen (secondary N) is 1. The third kappa shape index (κ3) is 3.88. The number of amides is 1. The quantitative estimate of drug-likeness (QED) is 0.444. The van der Waals surface area contributed by atoms with Crippen molar-refractivity contribution in [1.29, 1.82) is 0 Å². The van der Waals surface area contributed by atoms with Crippen molar-refractivity contribution in [1.82, 2.24) is 24.1 Å². The van der Waals surface area contributed by atoms with E-state index in [4.69, 9.17) is 9.47 Å². The number of hydrazone groups is 1. The highest BCUT2D eigenvalue weighted by atomic mass is 16.5. The Kier molecular flexibility index (Phi) is 5.48. The van der Waals surface area contributed by atoms with Gasteiger partial charge in [0.15, 0.2) is 11.2 Å². The number of aromatic nitrogens is 4. The summed E-state index contributed by atoms with van der Waals surface area (Å²) in [6, 6.07) is 5.17. The summed E-state index contributed by atoms with van der Waals surface area (Å²) in [5.41, 5.74) is 2.40. The molecule has 0 radical (unpaired) electrons. The molecule has 1 N–H and O–H groups in total. The first kappa shape index (κ1) is 19.9. The van der Waals surface area contributed by atoms with Crippen LogP contribution in [0.5, 0.6) is 11.5 Å². The topological polar surface area (TPSA) is 122 Å². The lowest BCUT2D eigenvalue weighted by Gasteiger charge is -2.06. The minimum absolute atomic E-state index is 0.159. The molecule has 2 aromatic heterocycles. The van der Waals surface area contributed by atoms with Crippen molar-refractivity contribution in [3.63, 3.8) is 0 Å². The molecule has 0 aliphatic carbocycles. The van der Waals surface area contributed by atoms with E-state index in [0.29, 0.717) is 17.1 Å². The molecule has 0 saturated carbocycles. The number of nitrogens with zero attached hydrogens (tertiary/aromatic N) is 5. The van der Waals surface area contributed by atoms with Gasteiger partial charge in [-0.1, -0.05) is 0 Å². The van der Waals surface area contributed by atoms with Crippen molar-refractivity contribution in [2.24, 2.45) is 19.2 Å². The van der Waals surface area contributed by atoms with Gasteiger partial charge >= 0.3 is 5.69 Å². The van der Waals surface area contributed by atoms with Crippen molar-refractivity contribution in [3.8, 4) is 11.5 Å². The van der Waals surface area contributed by atoms with Gasteiger partial charge in [0.2, 0.25) is 0 Å². The normalized spacial score (nSPS) is 11.2. The van der Waals surface area contributed by atoms with Crippen molar-refractivity contribution in [3.05, 3.63) is 50.9 Å². The fourth-order valence-electron chi connectivity index (χ4n) is 2.79. The Balaban J connectivity index is 1.78. The number of methoxy groups -OCH3 is 2. The maximum Gasteiger partial charge on any atom is 0.332 e. The second kappa shape index (κ2) is 8.00. The molecule has 11 nitrogen and oxygen atoms in total. The number of benzene rings is 1. The Bertz CT molecular complexity index is 1200. The number of carbonyl (C=O) groups is 1. The van der Waals surface area contributed by atoms with Crippen molar-refractivity contribution in [2.75, 3.05) is 14.2 Å². The fraction of sp³-hybridized carbons (Fsp3) is 0.278. The van der Waals surface area contributed by atoms with Gasteiger partial charge < -0.3 is 14.0 Å². The van der Waals surface area contributed by atoms with E-state index in [1.807, 2.05) is 0 Å². The lowest BCUT2D eigenvalue weighted by atomic mass is 10.2. The molecule has 1 amide bonds. The van der Waals surface area contributed by atoms with Gasteiger partial charge in [-0.25, -0.2) is 15.2 Å². The maximum absolute atomic E-state index is 12.4. The summed E-state index contributed by atoms with van der Waals surface area (Å²) in [6.07, 6.45) is 2.78. The SMILES string of the molecule is COc1cc(/C=N\NC(=O)Cn2cnc3c2c(=O)n(C)c(=O)n3C)cc(OC)c1. The van der Waals surface area contributed by atoms with Crippen LogP contribution in [0.1, 0.15) is 5.56 Å². The molecule has 0 fully saturated rings. The Morgan fingerprint density at radius 3 is 2.41 bits per heavy atom. The Morgan fingerprint density at radius 2 is 1.79 bits per heavy atom. The van der Waals surface area contributed by atoms with Gasteiger partial charge in [-0.3, -0.25) is 18.7 Å². The molecule has 0 spiro atoms. The molecule has 0 aliphatic rings. The summed E-state index contributed by atoms with van der Waals surface area (Å²) in [4.78, 5) is 40.7. The van der Waals surface area contributed by atoms with Gasteiger partial charge in [0.1, 0.15) is 18.0 Å². The summed E-state index contributed by atoms with van der Waals surface area (Å²) in [5, 5.41) is 3.92. The van der Waals surface area contributed by atoms with Crippen LogP contribution in [-0.4, -0.2) is 45.0 Å². The largest absolute Gasteiger partial charge is 0.497 e. The van der Waals surface area contributed by atoms with Crippen LogP contribution in [-0.2, 0) is 25.4 Å². The summed E-state index contributed by atoms with van der Waals surface area (Å²) in [7, 11) is 5.95. The minimum Gasteiger partial charge on any atom is -0.497 e. The first-order valence-electron chi connectivity index (χ1n) is 8.51. The van der Waals surface area contributed by atoms with Crippen LogP contribution < -0.4 is 26.1 Å². The number of hydrogen-bond donors (Lipinski definition) is 1. The van der Waals surface area contributed by atoms with Crippen LogP contribution >= 0.6 is 0 Å². The van der Waals surface area contributed by atoms with Crippen LogP contribution in [0.2, 0.25) is 0 Å². The summed E-state index contributed by atoms with van der Waals surface area (Å²) in [6.45, 7) is -0.192. The number of ether oxygens (including phenoxy) is 2. The molecular weight excluding hydrogens is 380 g/mol. The number of rotatable bonds is 6. The number of fused-ring (bicyclic) bond motifs is 1. The number of carbonyl (C=O) groups excluding carboxylic acids is 1. The van der Waals surface area contributed by atoms with Crippen molar-refractivity contribution >= 4 is 23.3 Å². The molecule has 1 aromatic carbocycles. The van der Waals surface area contributed by atoms with Crippen LogP contribution in [0.25, 0.3) is 11.2 Å². The Hall–Kier alpha value is -3.89. The minimum atomic E-state index is -0.527. The standard InChI is InChI=1S/C18H20N6O5/c1-22-16-15(17(26)23(2)18(22)27)24(10-19-16)9-14(25)21-20-8-11-5-12(28-3)7-13(6-11)29-4/h5-8,10H,9H2,1-4H3,(H,21,25)/b20-8-. The molecule has 3 rings (SSSR count). The Morgan fingerprint density at radius 1 is 1.14 bits per heavy atom. The van der Waals surface area contributed by atoms with Gasteiger partial charge in [0, 0.05) is 25.7 Å². The molecule has 0 bridgehead atoms. The summed E-state index contributed by atoms with van der Waals surface area (Å²) < 4.78 is 13.9. The molecule has 0 unspecified atom stereocenters. The summed E-state index contributed by atoms with van der Waals surface area (Å²) in [5.74, 6) is 0.707. The van der Waals surface area contributed by atoms with Crippen LogP contribution in [0.15, 0.2) is 39.2 Å². The van der Waals surface area contributed by atoms with E-state index in [-0.39, 0.29) is 17.7 Å². The van der Waals surface area contributed by atoms with E-state index >= 15 is 0 Å². The van der Waals surface area contributed by atoms with Gasteiger partial charge in [-0.2, -0.15) is 5.10 Å². The Labute approximate surface area is 164 Å². The van der Waals surface area contributed by atoms with Gasteiger partial charge in [-0.15, -0.1) is 0 Å². The van der Waals surface area contributed by atoms with E-state index in [1.54, 1.807) is 18.2 Å². The zero-order valence-corrected chi connectivity index (χ0v) is 16.4. The highest BCUT2D eigenvalue weighted by molar-refractivity contribution is 5.84. The van der Waals surface area contributed by atoms with E-state index in [1.165, 1.54) is 50.0 Å². The maximum atomic E-state index is 12.4. The van der Waals surface area contributed by atoms with Crippen molar-refractivity contribution in [2.45, 2.75) is 6.54 Å². The second-order valence-corrected chi connectivity index (χ2v) is 6.19. The van der Waals surface area contributed by atoms with Crippen LogP contribution in [0.3, 0.4) is 0 Å². The van der Waals surface area contributed by atoms with E-state index in [0.717, 1.165) is 4.57 Å². The molecule has 0 saturated heterocycles. The average Bonchev–Trinajstić information content (AvgIpc) is 3.13. The molecule has 3 aromatic rings. The lowest BCUT2D eigenvalue weighted by molar-refractivity contribution is -0.121. The van der Waals surface area contributed by atoms with Gasteiger partial charge in [0.05, 0.1) is 26.8 Å². The molecule has 0 aliphatic heterocycles. The molecular formula is C18H20N6O5. The van der Waals surface area contributed by atoms with Gasteiger partial charge in [0.25, 0.3) is 11.5 Å². The highest BCUT2D eigenvalue weighted by Crippen LogP contribution is 2.21. The third-order valence-electron chi connectivity index (χ3n) is 4.31. The number of aryl methyl sites for hydroxylation is 1. The zero-order valence-electron chi connectivity index (χ0n) is 16.4. The number of imidazole rings is 1. The third-order valence-corrected chi connectivity index (χ3v) is 4.31. The number of hydrogen-bond acceptors (Lipinski definition) is 7. The molecule has 11 heteroatoms. The van der Waals surface area contributed by atoms with E-state index in [9.17, 15) is 14.4 Å². The lowest BCUT2D eigenvalue weighted by Crippen LogP contribution is -2.38. The summed E-state index contributed by atoms with van der Waals surface area (Å²) >= 11 is 0. The monoisotopic (exact) mass is 400 g/mol. The predicted octanol–water partition coefficient (Wildman–Crippen LogP) is -0.399. The second-order valence-electron chi connectivity index (χ2n) is 6.19. The smallest absolute Gasteiger partial charge is 0.332 e. The zero-order chi connectivity index (χ0) is 21.1. The molecule has 152 valence electrons. The van der Waals surface area contributed by atoms with E-state index in [2.05, 4.69) is 15.5 Å². The van der Waals surface area contributed by atoms with E-state index < -0.39 is 17.2 Å². The van der Waals surface area contributed by atoms with Crippen LogP contribution in [0, 0.1) is 0 Å². The van der Waals surface area contributed by atoms with Gasteiger partial charge in [-0.05, 0) is 12.1 Å². The predicted molar refractivity (Wildman–Crippen MR) is 105 cm³/mol. The fourth-order valence-corrected chi connectivity index (χ4v) is 2.79. The molecule has 2 heterocycles. The molecule has 29 heavy (non-hydrogen) atoms. The van der Waals surface area contributed by atoms with Crippen molar-refractivity contribution < 1.29 is 14.3 Å². The van der Waals surface area contributed by atoms with Crippen LogP contribution in [0.4, 0.5) is 0 Å².